The van der Waals surface area contributed by atoms with Gasteiger partial charge in [-0.3, -0.25) is 4.79 Å². The zero-order valence-corrected chi connectivity index (χ0v) is 18.4. The lowest BCUT2D eigenvalue weighted by atomic mass is 10.1. The predicted molar refractivity (Wildman–Crippen MR) is 132 cm³/mol. The highest BCUT2D eigenvalue weighted by Crippen LogP contribution is 2.25. The van der Waals surface area contributed by atoms with E-state index >= 15 is 0 Å². The summed E-state index contributed by atoms with van der Waals surface area (Å²) in [5.74, 6) is 0.113. The van der Waals surface area contributed by atoms with E-state index < -0.39 is 5.91 Å². The van der Waals surface area contributed by atoms with E-state index in [0.717, 1.165) is 40.8 Å². The number of rotatable bonds is 9. The molecule has 0 fully saturated rings. The number of nitrogens with zero attached hydrogens (tertiary/aromatic N) is 2. The molecule has 0 saturated carbocycles. The summed E-state index contributed by atoms with van der Waals surface area (Å²) in [5, 5.41) is 7.80. The van der Waals surface area contributed by atoms with E-state index in [9.17, 15) is 4.79 Å². The average Bonchev–Trinajstić information content (AvgIpc) is 3.28. The highest BCUT2D eigenvalue weighted by molar-refractivity contribution is 5.98. The molecular weight excluding hydrogens is 400 g/mol. The molecular formula is C25H28N6O. The van der Waals surface area contributed by atoms with E-state index in [-0.39, 0.29) is 0 Å². The number of amides is 1. The lowest BCUT2D eigenvalue weighted by Crippen LogP contribution is -2.17. The molecule has 0 radical (unpaired) electrons. The number of fused-ring (bicyclic) bond motifs is 1. The Morgan fingerprint density at radius 1 is 1.16 bits per heavy atom. The van der Waals surface area contributed by atoms with E-state index in [1.54, 1.807) is 0 Å². The van der Waals surface area contributed by atoms with Gasteiger partial charge in [0.1, 0.15) is 5.82 Å². The topological polar surface area (TPSA) is 99.1 Å². The molecule has 0 unspecified atom stereocenters. The molecule has 32 heavy (non-hydrogen) atoms. The van der Waals surface area contributed by atoms with Crippen LogP contribution in [0.5, 0.6) is 0 Å². The van der Waals surface area contributed by atoms with Crippen LogP contribution >= 0.6 is 0 Å². The number of nitrogens with one attached hydrogen (secondary N) is 3. The molecule has 0 saturated heterocycles. The Kier molecular flexibility index (Phi) is 6.26. The molecule has 5 N–H and O–H groups in total. The largest absolute Gasteiger partial charge is 0.380 e. The quantitative estimate of drug-likeness (QED) is 0.305. The summed E-state index contributed by atoms with van der Waals surface area (Å²) in [6.45, 7) is 3.73. The molecule has 4 aromatic rings. The van der Waals surface area contributed by atoms with Crippen molar-refractivity contribution in [2.45, 2.75) is 19.9 Å². The average molecular weight is 429 g/mol. The van der Waals surface area contributed by atoms with Crippen LogP contribution in [-0.4, -0.2) is 29.5 Å². The van der Waals surface area contributed by atoms with E-state index in [1.807, 2.05) is 42.6 Å². The van der Waals surface area contributed by atoms with Gasteiger partial charge in [-0.15, -0.1) is 0 Å². The fourth-order valence-electron chi connectivity index (χ4n) is 3.77. The fraction of sp³-hybridized carbons (Fsp3) is 0.200. The van der Waals surface area contributed by atoms with Crippen molar-refractivity contribution >= 4 is 39.7 Å². The molecule has 2 heterocycles. The summed E-state index contributed by atoms with van der Waals surface area (Å²) in [4.78, 5) is 21.7. The first-order chi connectivity index (χ1) is 15.5. The van der Waals surface area contributed by atoms with Crippen LogP contribution in [0.2, 0.25) is 0 Å². The van der Waals surface area contributed by atoms with Crippen molar-refractivity contribution in [1.82, 2.24) is 9.97 Å². The van der Waals surface area contributed by atoms with Gasteiger partial charge in [0.15, 0.2) is 0 Å². The normalized spacial score (nSPS) is 10.8. The van der Waals surface area contributed by atoms with Gasteiger partial charge in [0, 0.05) is 60.9 Å². The molecule has 1 amide bonds. The Morgan fingerprint density at radius 2 is 1.97 bits per heavy atom. The maximum absolute atomic E-state index is 11.9. The van der Waals surface area contributed by atoms with Crippen LogP contribution in [0.25, 0.3) is 10.9 Å². The first-order valence-electron chi connectivity index (χ1n) is 10.7. The molecule has 0 aliphatic rings. The van der Waals surface area contributed by atoms with Crippen LogP contribution < -0.4 is 21.3 Å². The third-order valence-electron chi connectivity index (χ3n) is 5.46. The second-order valence-electron chi connectivity index (χ2n) is 7.78. The minimum atomic E-state index is -0.519. The summed E-state index contributed by atoms with van der Waals surface area (Å²) in [6, 6.07) is 18.1. The third-order valence-corrected chi connectivity index (χ3v) is 5.46. The van der Waals surface area contributed by atoms with Crippen LogP contribution in [0.1, 0.15) is 29.3 Å². The first-order valence-corrected chi connectivity index (χ1v) is 10.7. The van der Waals surface area contributed by atoms with E-state index in [1.165, 1.54) is 6.20 Å². The molecule has 0 atom stereocenters. The van der Waals surface area contributed by atoms with Gasteiger partial charge in [0.2, 0.25) is 0 Å². The summed E-state index contributed by atoms with van der Waals surface area (Å²) >= 11 is 0. The second kappa shape index (κ2) is 9.43. The van der Waals surface area contributed by atoms with Crippen LogP contribution in [-0.2, 0) is 6.54 Å². The standard InChI is InChI=1S/C25H28N6O/c1-3-13-31(2)19-9-7-18(8-10-19)30-24-14-23(21(16-29-24)25(26)32)28-15-17-5-4-6-22-20(17)11-12-27-22/h4-12,14,16,27H,3,13,15H2,1-2H3,(H2,26,32)(H2,28,29,30). The number of anilines is 4. The smallest absolute Gasteiger partial charge is 0.252 e. The van der Waals surface area contributed by atoms with Crippen molar-refractivity contribution in [2.75, 3.05) is 29.1 Å². The minimum Gasteiger partial charge on any atom is -0.380 e. The third kappa shape index (κ3) is 4.67. The number of carbonyl (C=O) groups is 1. The Balaban J connectivity index is 1.53. The van der Waals surface area contributed by atoms with E-state index in [2.05, 4.69) is 57.7 Å². The number of pyridine rings is 1. The Morgan fingerprint density at radius 3 is 2.72 bits per heavy atom. The number of carbonyl (C=O) groups excluding carboxylic acids is 1. The fourth-order valence-corrected chi connectivity index (χ4v) is 3.77. The van der Waals surface area contributed by atoms with Crippen molar-refractivity contribution < 1.29 is 4.79 Å². The van der Waals surface area contributed by atoms with Gasteiger partial charge in [-0.2, -0.15) is 0 Å². The van der Waals surface area contributed by atoms with Crippen molar-refractivity contribution in [2.24, 2.45) is 5.73 Å². The Hall–Kier alpha value is -4.00. The summed E-state index contributed by atoms with van der Waals surface area (Å²) in [7, 11) is 2.09. The maximum Gasteiger partial charge on any atom is 0.252 e. The number of aromatic amines is 1. The number of benzene rings is 2. The number of nitrogens with two attached hydrogens (primary N) is 1. The van der Waals surface area contributed by atoms with Crippen LogP contribution in [0.4, 0.5) is 22.9 Å². The molecule has 4 rings (SSSR count). The number of primary amides is 1. The number of hydrogen-bond acceptors (Lipinski definition) is 5. The van der Waals surface area contributed by atoms with Gasteiger partial charge in [-0.25, -0.2) is 4.98 Å². The Labute approximate surface area is 187 Å². The monoisotopic (exact) mass is 428 g/mol. The maximum atomic E-state index is 11.9. The van der Waals surface area contributed by atoms with Gasteiger partial charge in [-0.05, 0) is 48.4 Å². The predicted octanol–water partition coefficient (Wildman–Crippen LogP) is 4.86. The van der Waals surface area contributed by atoms with Crippen LogP contribution in [0.15, 0.2) is 67.0 Å². The van der Waals surface area contributed by atoms with Gasteiger partial charge < -0.3 is 26.3 Å². The molecule has 7 heteroatoms. The summed E-state index contributed by atoms with van der Waals surface area (Å²) in [5.41, 5.74) is 10.9. The van der Waals surface area contributed by atoms with Gasteiger partial charge >= 0.3 is 0 Å². The highest BCUT2D eigenvalue weighted by atomic mass is 16.1. The van der Waals surface area contributed by atoms with Crippen molar-refractivity contribution in [3.8, 4) is 0 Å². The molecule has 2 aromatic heterocycles. The molecule has 0 spiro atoms. The number of hydrogen-bond donors (Lipinski definition) is 4. The van der Waals surface area contributed by atoms with Gasteiger partial charge in [-0.1, -0.05) is 19.1 Å². The number of H-pyrrole nitrogens is 1. The zero-order valence-electron chi connectivity index (χ0n) is 18.4. The van der Waals surface area contributed by atoms with Crippen molar-refractivity contribution in [3.63, 3.8) is 0 Å². The lowest BCUT2D eigenvalue weighted by Gasteiger charge is -2.18. The van der Waals surface area contributed by atoms with Crippen LogP contribution in [0, 0.1) is 0 Å². The molecule has 164 valence electrons. The second-order valence-corrected chi connectivity index (χ2v) is 7.78. The van der Waals surface area contributed by atoms with Gasteiger partial charge in [0.25, 0.3) is 5.91 Å². The van der Waals surface area contributed by atoms with E-state index in [0.29, 0.717) is 23.6 Å². The highest BCUT2D eigenvalue weighted by Gasteiger charge is 2.12. The first kappa shape index (κ1) is 21.2. The van der Waals surface area contributed by atoms with Crippen LogP contribution in [0.3, 0.4) is 0 Å². The minimum absolute atomic E-state index is 0.355. The Bertz CT molecular complexity index is 1210. The molecule has 0 aliphatic heterocycles. The summed E-state index contributed by atoms with van der Waals surface area (Å²) < 4.78 is 0. The molecule has 2 aromatic carbocycles. The lowest BCUT2D eigenvalue weighted by molar-refractivity contribution is 0.100. The SMILES string of the molecule is CCCN(C)c1ccc(Nc2cc(NCc3cccc4[nH]ccc34)c(C(N)=O)cn2)cc1. The molecule has 7 nitrogen and oxygen atoms in total. The van der Waals surface area contributed by atoms with Crippen molar-refractivity contribution in [1.29, 1.82) is 0 Å². The van der Waals surface area contributed by atoms with Gasteiger partial charge in [0.05, 0.1) is 11.3 Å². The summed E-state index contributed by atoms with van der Waals surface area (Å²) in [6.07, 6.45) is 4.52. The van der Waals surface area contributed by atoms with Crippen molar-refractivity contribution in [3.05, 3.63) is 78.1 Å². The molecule has 0 bridgehead atoms. The number of aromatic nitrogens is 2. The zero-order chi connectivity index (χ0) is 22.5. The van der Waals surface area contributed by atoms with E-state index in [4.69, 9.17) is 5.73 Å². The molecule has 0 aliphatic carbocycles.